The van der Waals surface area contributed by atoms with Crippen LogP contribution in [0, 0.1) is 0 Å². The Hall–Kier alpha value is -1.91. The molecule has 2 aromatic carbocycles. The van der Waals surface area contributed by atoms with Crippen molar-refractivity contribution in [3.8, 4) is 17.2 Å². The molecule has 0 aliphatic heterocycles. The van der Waals surface area contributed by atoms with Crippen molar-refractivity contribution in [3.05, 3.63) is 52.5 Å². The molecule has 22 heavy (non-hydrogen) atoms. The van der Waals surface area contributed by atoms with Gasteiger partial charge in [-0.05, 0) is 36.7 Å². The van der Waals surface area contributed by atoms with Crippen LogP contribution in [0.4, 0.5) is 0 Å². The fourth-order valence-corrected chi connectivity index (χ4v) is 2.74. The van der Waals surface area contributed by atoms with Crippen molar-refractivity contribution in [2.45, 2.75) is 12.3 Å². The Labute approximate surface area is 135 Å². The maximum atomic E-state index is 9.40. The first kappa shape index (κ1) is 16.5. The van der Waals surface area contributed by atoms with Crippen molar-refractivity contribution < 1.29 is 14.6 Å². The van der Waals surface area contributed by atoms with Crippen molar-refractivity contribution in [1.29, 1.82) is 0 Å². The molecule has 5 heteroatoms. The number of halogens is 1. The molecule has 0 aromatic heterocycles. The Morgan fingerprint density at radius 1 is 1.14 bits per heavy atom. The van der Waals surface area contributed by atoms with E-state index in [0.29, 0.717) is 29.5 Å². The van der Waals surface area contributed by atoms with Crippen molar-refractivity contribution in [2.75, 3.05) is 20.8 Å². The normalized spacial score (nSPS) is 12.0. The Balaban J connectivity index is 2.35. The third kappa shape index (κ3) is 3.64. The highest BCUT2D eigenvalue weighted by molar-refractivity contribution is 6.30. The summed E-state index contributed by atoms with van der Waals surface area (Å²) in [6.07, 6.45) is 0.668. The average molecular weight is 322 g/mol. The molecule has 0 aliphatic carbocycles. The number of phenolic OH excluding ortho intramolecular Hbond substituents is 1. The lowest BCUT2D eigenvalue weighted by molar-refractivity contribution is 0.351. The molecule has 0 spiro atoms. The predicted molar refractivity (Wildman–Crippen MR) is 88.2 cm³/mol. The molecule has 0 amide bonds. The third-order valence-corrected chi connectivity index (χ3v) is 3.85. The fourth-order valence-electron chi connectivity index (χ4n) is 2.51. The SMILES string of the molecule is COc1cc(Cl)cc(CC(CN)c2ccc(O)cc2)c1OC. The summed E-state index contributed by atoms with van der Waals surface area (Å²) in [5, 5.41) is 9.99. The topological polar surface area (TPSA) is 64.7 Å². The minimum absolute atomic E-state index is 0.0951. The van der Waals surface area contributed by atoms with Gasteiger partial charge in [-0.2, -0.15) is 0 Å². The van der Waals surface area contributed by atoms with Crippen LogP contribution < -0.4 is 15.2 Å². The maximum Gasteiger partial charge on any atom is 0.164 e. The number of phenols is 1. The van der Waals surface area contributed by atoms with E-state index >= 15 is 0 Å². The van der Waals surface area contributed by atoms with E-state index in [4.69, 9.17) is 26.8 Å². The van der Waals surface area contributed by atoms with E-state index in [9.17, 15) is 5.11 Å². The average Bonchev–Trinajstić information content (AvgIpc) is 2.52. The van der Waals surface area contributed by atoms with Gasteiger partial charge in [-0.1, -0.05) is 23.7 Å². The predicted octanol–water partition coefficient (Wildman–Crippen LogP) is 3.35. The first-order chi connectivity index (χ1) is 10.6. The summed E-state index contributed by atoms with van der Waals surface area (Å²) in [5.41, 5.74) is 7.92. The van der Waals surface area contributed by atoms with Crippen LogP contribution in [0.25, 0.3) is 0 Å². The van der Waals surface area contributed by atoms with E-state index in [2.05, 4.69) is 0 Å². The lowest BCUT2D eigenvalue weighted by atomic mass is 9.91. The van der Waals surface area contributed by atoms with E-state index in [1.165, 1.54) is 0 Å². The number of aromatic hydroxyl groups is 1. The van der Waals surface area contributed by atoms with E-state index < -0.39 is 0 Å². The Kier molecular flexibility index (Phi) is 5.52. The van der Waals surface area contributed by atoms with Gasteiger partial charge in [0.1, 0.15) is 5.75 Å². The Morgan fingerprint density at radius 2 is 1.82 bits per heavy atom. The Morgan fingerprint density at radius 3 is 2.36 bits per heavy atom. The molecule has 1 atom stereocenters. The summed E-state index contributed by atoms with van der Waals surface area (Å²) in [6.45, 7) is 0.475. The van der Waals surface area contributed by atoms with Crippen LogP contribution in [-0.2, 0) is 6.42 Å². The maximum absolute atomic E-state index is 9.40. The second kappa shape index (κ2) is 7.38. The molecule has 3 N–H and O–H groups in total. The van der Waals surface area contributed by atoms with Crippen LogP contribution >= 0.6 is 11.6 Å². The van der Waals surface area contributed by atoms with Gasteiger partial charge in [-0.25, -0.2) is 0 Å². The fraction of sp³-hybridized carbons (Fsp3) is 0.294. The molecule has 4 nitrogen and oxygen atoms in total. The molecule has 1 unspecified atom stereocenters. The smallest absolute Gasteiger partial charge is 0.164 e. The summed E-state index contributed by atoms with van der Waals surface area (Å²) in [7, 11) is 3.19. The van der Waals surface area contributed by atoms with Crippen LogP contribution in [0.2, 0.25) is 5.02 Å². The van der Waals surface area contributed by atoms with Gasteiger partial charge in [0.2, 0.25) is 0 Å². The van der Waals surface area contributed by atoms with Gasteiger partial charge < -0.3 is 20.3 Å². The van der Waals surface area contributed by atoms with E-state index in [0.717, 1.165) is 11.1 Å². The lowest BCUT2D eigenvalue weighted by Crippen LogP contribution is -2.15. The van der Waals surface area contributed by atoms with Gasteiger partial charge in [0, 0.05) is 22.6 Å². The minimum Gasteiger partial charge on any atom is -0.508 e. The monoisotopic (exact) mass is 321 g/mol. The second-order valence-corrected chi connectivity index (χ2v) is 5.47. The Bertz CT molecular complexity index is 629. The molecule has 0 radical (unpaired) electrons. The molecule has 0 bridgehead atoms. The number of methoxy groups -OCH3 is 2. The molecule has 0 fully saturated rings. The molecular weight excluding hydrogens is 302 g/mol. The van der Waals surface area contributed by atoms with Crippen LogP contribution in [0.1, 0.15) is 17.0 Å². The first-order valence-electron chi connectivity index (χ1n) is 6.98. The van der Waals surface area contributed by atoms with E-state index in [1.54, 1.807) is 32.4 Å². The summed E-state index contributed by atoms with van der Waals surface area (Å²) in [5.74, 6) is 1.61. The number of ether oxygens (including phenoxy) is 2. The zero-order chi connectivity index (χ0) is 16.1. The largest absolute Gasteiger partial charge is 0.508 e. The quantitative estimate of drug-likeness (QED) is 0.856. The molecule has 2 aromatic rings. The first-order valence-corrected chi connectivity index (χ1v) is 7.36. The summed E-state index contributed by atoms with van der Waals surface area (Å²) in [6, 6.07) is 10.7. The highest BCUT2D eigenvalue weighted by Crippen LogP contribution is 2.37. The van der Waals surface area contributed by atoms with Gasteiger partial charge in [0.15, 0.2) is 11.5 Å². The summed E-state index contributed by atoms with van der Waals surface area (Å²) < 4.78 is 10.8. The van der Waals surface area contributed by atoms with Crippen LogP contribution in [0.3, 0.4) is 0 Å². The van der Waals surface area contributed by atoms with Crippen LogP contribution in [0.15, 0.2) is 36.4 Å². The number of rotatable bonds is 6. The minimum atomic E-state index is 0.0951. The zero-order valence-electron chi connectivity index (χ0n) is 12.7. The molecule has 0 aliphatic rings. The lowest BCUT2D eigenvalue weighted by Gasteiger charge is -2.19. The van der Waals surface area contributed by atoms with Crippen molar-refractivity contribution in [2.24, 2.45) is 5.73 Å². The van der Waals surface area contributed by atoms with Crippen LogP contribution in [0.5, 0.6) is 17.2 Å². The highest BCUT2D eigenvalue weighted by Gasteiger charge is 2.17. The molecule has 2 rings (SSSR count). The molecular formula is C17H20ClNO3. The number of nitrogens with two attached hydrogens (primary N) is 1. The van der Waals surface area contributed by atoms with E-state index in [1.807, 2.05) is 18.2 Å². The summed E-state index contributed by atoms with van der Waals surface area (Å²) >= 11 is 6.15. The highest BCUT2D eigenvalue weighted by atomic mass is 35.5. The third-order valence-electron chi connectivity index (χ3n) is 3.64. The summed E-state index contributed by atoms with van der Waals surface area (Å²) in [4.78, 5) is 0. The van der Waals surface area contributed by atoms with Crippen molar-refractivity contribution in [1.82, 2.24) is 0 Å². The van der Waals surface area contributed by atoms with Crippen molar-refractivity contribution in [3.63, 3.8) is 0 Å². The van der Waals surface area contributed by atoms with Crippen molar-refractivity contribution >= 4 is 11.6 Å². The van der Waals surface area contributed by atoms with Gasteiger partial charge >= 0.3 is 0 Å². The zero-order valence-corrected chi connectivity index (χ0v) is 13.4. The molecule has 0 saturated carbocycles. The number of benzene rings is 2. The number of hydrogen-bond donors (Lipinski definition) is 2. The molecule has 118 valence electrons. The second-order valence-electron chi connectivity index (χ2n) is 5.03. The van der Waals surface area contributed by atoms with Gasteiger partial charge in [0.05, 0.1) is 14.2 Å². The van der Waals surface area contributed by atoms with E-state index in [-0.39, 0.29) is 11.7 Å². The standard InChI is InChI=1S/C17H20ClNO3/c1-21-16-9-14(18)8-12(17(16)22-2)7-13(10-19)11-3-5-15(20)6-4-11/h3-6,8-9,13,20H,7,10,19H2,1-2H3. The van der Waals surface area contributed by atoms with Crippen LogP contribution in [-0.4, -0.2) is 25.9 Å². The van der Waals surface area contributed by atoms with Gasteiger partial charge in [0.25, 0.3) is 0 Å². The van der Waals surface area contributed by atoms with Gasteiger partial charge in [-0.3, -0.25) is 0 Å². The molecule has 0 saturated heterocycles. The van der Waals surface area contributed by atoms with Gasteiger partial charge in [-0.15, -0.1) is 0 Å². The molecule has 0 heterocycles. The number of hydrogen-bond acceptors (Lipinski definition) is 4.